The lowest BCUT2D eigenvalue weighted by atomic mass is 10.0. The van der Waals surface area contributed by atoms with Gasteiger partial charge in [-0.3, -0.25) is 18.9 Å². The van der Waals surface area contributed by atoms with Crippen LogP contribution in [0, 0.1) is 20.8 Å². The summed E-state index contributed by atoms with van der Waals surface area (Å²) in [7, 11) is 0. The quantitative estimate of drug-likeness (QED) is 0.352. The van der Waals surface area contributed by atoms with Gasteiger partial charge in [0.1, 0.15) is 28.9 Å². The summed E-state index contributed by atoms with van der Waals surface area (Å²) in [6.45, 7) is 9.28. The van der Waals surface area contributed by atoms with Crippen molar-refractivity contribution in [3.63, 3.8) is 0 Å². The number of likely N-dealkylation sites (tertiary alicyclic amines) is 1. The molecule has 1 amide bonds. The van der Waals surface area contributed by atoms with Crippen molar-refractivity contribution in [2.45, 2.75) is 26.8 Å². The summed E-state index contributed by atoms with van der Waals surface area (Å²) in [6, 6.07) is 6.52. The Morgan fingerprint density at radius 1 is 1.12 bits per heavy atom. The van der Waals surface area contributed by atoms with E-state index in [4.69, 9.17) is 9.15 Å². The van der Waals surface area contributed by atoms with E-state index in [2.05, 4.69) is 9.88 Å². The van der Waals surface area contributed by atoms with Crippen LogP contribution in [0.5, 0.6) is 0 Å². The first-order valence-electron chi connectivity index (χ1n) is 11.5. The van der Waals surface area contributed by atoms with Crippen molar-refractivity contribution in [3.8, 4) is 0 Å². The molecule has 0 bridgehead atoms. The number of amides is 1. The monoisotopic (exact) mass is 464 g/mol. The molecule has 5 heterocycles. The predicted octanol–water partition coefficient (Wildman–Crippen LogP) is 2.61. The van der Waals surface area contributed by atoms with E-state index in [9.17, 15) is 14.7 Å². The maximum Gasteiger partial charge on any atom is 0.295 e. The summed E-state index contributed by atoms with van der Waals surface area (Å²) in [5.41, 5.74) is 2.62. The number of furan rings is 1. The zero-order valence-electron chi connectivity index (χ0n) is 19.6. The van der Waals surface area contributed by atoms with Gasteiger partial charge in [-0.05, 0) is 44.5 Å². The molecule has 3 aromatic rings. The van der Waals surface area contributed by atoms with Crippen molar-refractivity contribution in [1.82, 2.24) is 19.2 Å². The third-order valence-electron chi connectivity index (χ3n) is 6.58. The Labute approximate surface area is 197 Å². The second kappa shape index (κ2) is 8.73. The molecule has 2 saturated heterocycles. The molecule has 0 unspecified atom stereocenters. The van der Waals surface area contributed by atoms with Crippen molar-refractivity contribution < 1.29 is 23.8 Å². The molecule has 0 aromatic carbocycles. The van der Waals surface area contributed by atoms with E-state index >= 15 is 0 Å². The molecular weight excluding hydrogens is 436 g/mol. The fourth-order valence-electron chi connectivity index (χ4n) is 4.81. The second-order valence-corrected chi connectivity index (χ2v) is 8.83. The molecule has 34 heavy (non-hydrogen) atoms. The van der Waals surface area contributed by atoms with Gasteiger partial charge in [0.15, 0.2) is 5.76 Å². The van der Waals surface area contributed by atoms with Crippen LogP contribution in [0.25, 0.3) is 11.4 Å². The van der Waals surface area contributed by atoms with Crippen molar-refractivity contribution in [2.24, 2.45) is 0 Å². The molecule has 1 atom stereocenters. The number of morpholine rings is 1. The van der Waals surface area contributed by atoms with Gasteiger partial charge in [-0.25, -0.2) is 4.98 Å². The number of ether oxygens (including phenoxy) is 1. The van der Waals surface area contributed by atoms with Crippen LogP contribution in [0.15, 0.2) is 40.5 Å². The van der Waals surface area contributed by atoms with Gasteiger partial charge in [-0.2, -0.15) is 0 Å². The van der Waals surface area contributed by atoms with Crippen molar-refractivity contribution in [2.75, 3.05) is 39.4 Å². The Kier molecular flexibility index (Phi) is 5.75. The average Bonchev–Trinajstić information content (AvgIpc) is 3.47. The molecule has 2 aliphatic heterocycles. The summed E-state index contributed by atoms with van der Waals surface area (Å²) < 4.78 is 13.0. The Morgan fingerprint density at radius 3 is 2.59 bits per heavy atom. The largest absolute Gasteiger partial charge is 0.505 e. The number of aromatic nitrogens is 2. The standard InChI is InChI=1S/C25H28N4O5/c1-15-5-4-8-28-20(17(3)26-24(15)28)22(30)19-21(18-7-6-16(2)34-18)29(25(32)23(19)31)10-9-27-11-13-33-14-12-27/h4-8,21,30H,9-14H2,1-3H3/b22-19+/t21-/m1/s1. The summed E-state index contributed by atoms with van der Waals surface area (Å²) in [5, 5.41) is 11.5. The van der Waals surface area contributed by atoms with Crippen molar-refractivity contribution >= 4 is 23.1 Å². The van der Waals surface area contributed by atoms with Crippen molar-refractivity contribution in [3.05, 3.63) is 64.5 Å². The van der Waals surface area contributed by atoms with E-state index in [-0.39, 0.29) is 11.3 Å². The average molecular weight is 465 g/mol. The van der Waals surface area contributed by atoms with E-state index in [1.165, 1.54) is 4.90 Å². The number of hydrogen-bond donors (Lipinski definition) is 1. The third kappa shape index (κ3) is 3.70. The minimum absolute atomic E-state index is 0.0210. The fraction of sp³-hybridized carbons (Fsp3) is 0.400. The first-order valence-corrected chi connectivity index (χ1v) is 11.5. The molecule has 0 aliphatic carbocycles. The molecule has 5 rings (SSSR count). The predicted molar refractivity (Wildman–Crippen MR) is 124 cm³/mol. The summed E-state index contributed by atoms with van der Waals surface area (Å²) in [4.78, 5) is 34.8. The van der Waals surface area contributed by atoms with Crippen LogP contribution in [0.1, 0.15) is 34.5 Å². The van der Waals surface area contributed by atoms with Crippen LogP contribution in [-0.2, 0) is 14.3 Å². The number of aryl methyl sites for hydroxylation is 3. The number of carbonyl (C=O) groups excluding carboxylic acids is 2. The smallest absolute Gasteiger partial charge is 0.295 e. The highest BCUT2D eigenvalue weighted by Crippen LogP contribution is 2.40. The molecule has 178 valence electrons. The number of hydrogen-bond acceptors (Lipinski definition) is 7. The fourth-order valence-corrected chi connectivity index (χ4v) is 4.81. The minimum atomic E-state index is -0.815. The van der Waals surface area contributed by atoms with Gasteiger partial charge in [0, 0.05) is 32.4 Å². The molecule has 0 radical (unpaired) electrons. The van der Waals surface area contributed by atoms with E-state index in [1.54, 1.807) is 36.6 Å². The van der Waals surface area contributed by atoms with Gasteiger partial charge in [0.2, 0.25) is 0 Å². The SMILES string of the molecule is Cc1ccc([C@@H]2/C(=C(\O)c3c(C)nc4c(C)cccn34)C(=O)C(=O)N2CCN2CCOCC2)o1. The first-order chi connectivity index (χ1) is 16.4. The lowest BCUT2D eigenvalue weighted by Gasteiger charge is -2.30. The van der Waals surface area contributed by atoms with Gasteiger partial charge < -0.3 is 19.2 Å². The summed E-state index contributed by atoms with van der Waals surface area (Å²) in [6.07, 6.45) is 1.79. The Morgan fingerprint density at radius 2 is 1.88 bits per heavy atom. The second-order valence-electron chi connectivity index (χ2n) is 8.83. The van der Waals surface area contributed by atoms with Gasteiger partial charge in [0.05, 0.1) is 24.5 Å². The Hall–Kier alpha value is -3.43. The molecule has 3 aromatic heterocycles. The number of aliphatic hydroxyl groups excluding tert-OH is 1. The molecule has 2 fully saturated rings. The van der Waals surface area contributed by atoms with Gasteiger partial charge in [-0.15, -0.1) is 0 Å². The number of fused-ring (bicyclic) bond motifs is 1. The van der Waals surface area contributed by atoms with E-state index in [0.717, 1.165) is 18.7 Å². The van der Waals surface area contributed by atoms with Gasteiger partial charge in [-0.1, -0.05) is 6.07 Å². The van der Waals surface area contributed by atoms with Crippen LogP contribution in [0.2, 0.25) is 0 Å². The number of carbonyl (C=O) groups is 2. The number of ketones is 1. The number of nitrogens with zero attached hydrogens (tertiary/aromatic N) is 4. The summed E-state index contributed by atoms with van der Waals surface area (Å²) >= 11 is 0. The zero-order valence-corrected chi connectivity index (χ0v) is 19.6. The first kappa shape index (κ1) is 22.4. The van der Waals surface area contributed by atoms with Crippen LogP contribution >= 0.6 is 0 Å². The highest BCUT2D eigenvalue weighted by atomic mass is 16.5. The van der Waals surface area contributed by atoms with E-state index < -0.39 is 17.7 Å². The van der Waals surface area contributed by atoms with Gasteiger partial charge >= 0.3 is 0 Å². The van der Waals surface area contributed by atoms with Gasteiger partial charge in [0.25, 0.3) is 11.7 Å². The summed E-state index contributed by atoms with van der Waals surface area (Å²) in [5.74, 6) is -0.503. The molecule has 0 saturated carbocycles. The molecule has 9 nitrogen and oxygen atoms in total. The Balaban J connectivity index is 1.61. The molecule has 2 aliphatic rings. The van der Waals surface area contributed by atoms with Crippen LogP contribution in [-0.4, -0.2) is 75.4 Å². The van der Waals surface area contributed by atoms with Crippen LogP contribution < -0.4 is 0 Å². The minimum Gasteiger partial charge on any atom is -0.505 e. The molecule has 9 heteroatoms. The number of rotatable bonds is 5. The molecule has 0 spiro atoms. The zero-order chi connectivity index (χ0) is 24.0. The molecule has 1 N–H and O–H groups in total. The highest BCUT2D eigenvalue weighted by molar-refractivity contribution is 6.46. The van der Waals surface area contributed by atoms with Crippen LogP contribution in [0.3, 0.4) is 0 Å². The highest BCUT2D eigenvalue weighted by Gasteiger charge is 2.48. The Bertz CT molecular complexity index is 1300. The third-order valence-corrected chi connectivity index (χ3v) is 6.58. The number of aliphatic hydroxyl groups is 1. The number of Topliss-reactive ketones (excluding diaryl/α,β-unsaturated/α-hetero) is 1. The lowest BCUT2D eigenvalue weighted by molar-refractivity contribution is -0.140. The lowest BCUT2D eigenvalue weighted by Crippen LogP contribution is -2.42. The maximum atomic E-state index is 13.3. The normalized spacial score (nSPS) is 21.1. The number of imidazole rings is 1. The van der Waals surface area contributed by atoms with Crippen LogP contribution in [0.4, 0.5) is 0 Å². The van der Waals surface area contributed by atoms with E-state index in [1.807, 2.05) is 19.1 Å². The van der Waals surface area contributed by atoms with Crippen molar-refractivity contribution in [1.29, 1.82) is 0 Å². The maximum absolute atomic E-state index is 13.3. The molecular formula is C25H28N4O5. The van der Waals surface area contributed by atoms with E-state index in [0.29, 0.717) is 54.9 Å². The topological polar surface area (TPSA) is 101 Å². The number of pyridine rings is 1.